The summed E-state index contributed by atoms with van der Waals surface area (Å²) < 4.78 is 6.13. The predicted octanol–water partition coefficient (Wildman–Crippen LogP) is 6.43. The molecule has 0 fully saturated rings. The van der Waals surface area contributed by atoms with Gasteiger partial charge in [-0.15, -0.1) is 0 Å². The van der Waals surface area contributed by atoms with Crippen molar-refractivity contribution in [3.63, 3.8) is 0 Å². The topological polar surface area (TPSA) is 9.23 Å². The van der Waals surface area contributed by atoms with Gasteiger partial charge in [0.25, 0.3) is 0 Å². The van der Waals surface area contributed by atoms with E-state index in [0.29, 0.717) is 0 Å². The number of hydrogen-bond donors (Lipinski definition) is 0. The molecule has 3 aromatic rings. The fraction of sp³-hybridized carbons (Fsp3) is 0.200. The molecule has 0 aliphatic heterocycles. The Morgan fingerprint density at radius 1 is 0.759 bits per heavy atom. The Morgan fingerprint density at radius 2 is 1.10 bits per heavy atom. The van der Waals surface area contributed by atoms with Crippen LogP contribution >= 0.6 is 17.2 Å². The van der Waals surface area contributed by atoms with Crippen LogP contribution in [0.4, 0.5) is 0 Å². The van der Waals surface area contributed by atoms with Gasteiger partial charge in [0.15, 0.2) is 0 Å². The van der Waals surface area contributed by atoms with E-state index in [1.165, 1.54) is 15.9 Å². The number of hydrogen-bond acceptors (Lipinski definition) is 1. The summed E-state index contributed by atoms with van der Waals surface area (Å²) in [6, 6.07) is 31.7. The first-order valence-electron chi connectivity index (χ1n) is 9.97. The van der Waals surface area contributed by atoms with Gasteiger partial charge in [0.2, 0.25) is 0 Å². The summed E-state index contributed by atoms with van der Waals surface area (Å²) in [7, 11) is -1.66. The summed E-state index contributed by atoms with van der Waals surface area (Å²) in [5.74, 6) is -3.26. The Hall–Kier alpha value is -1.86. The van der Waals surface area contributed by atoms with Crippen molar-refractivity contribution < 1.29 is 4.43 Å². The molecule has 0 amide bonds. The van der Waals surface area contributed by atoms with E-state index in [4.69, 9.17) is 15.7 Å². The molecule has 0 saturated heterocycles. The zero-order valence-electron chi connectivity index (χ0n) is 17.7. The van der Waals surface area contributed by atoms with Crippen LogP contribution in [0.5, 0.6) is 0 Å². The average Bonchev–Trinajstić information content (AvgIpc) is 2.74. The van der Waals surface area contributed by atoms with E-state index in [0.717, 1.165) is 11.7 Å². The molecule has 4 heteroatoms. The van der Waals surface area contributed by atoms with Crippen molar-refractivity contribution in [1.82, 2.24) is 0 Å². The molecule has 3 rings (SSSR count). The van der Waals surface area contributed by atoms with Gasteiger partial charge in [0.05, 0.1) is 0 Å². The molecule has 0 saturated carbocycles. The predicted molar refractivity (Wildman–Crippen MR) is 134 cm³/mol. The van der Waals surface area contributed by atoms with E-state index in [2.05, 4.69) is 118 Å². The number of allylic oxidation sites excluding steroid dienone is 1. The van der Waals surface area contributed by atoms with Crippen molar-refractivity contribution in [2.75, 3.05) is 6.16 Å². The molecule has 152 valence electrons. The van der Waals surface area contributed by atoms with E-state index >= 15 is 0 Å². The van der Waals surface area contributed by atoms with Crippen LogP contribution in [-0.2, 0) is 4.43 Å². The van der Waals surface area contributed by atoms with Crippen LogP contribution in [0.15, 0.2) is 103 Å². The van der Waals surface area contributed by atoms with Gasteiger partial charge >= 0.3 is 181 Å². The van der Waals surface area contributed by atoms with Crippen LogP contribution in [0.1, 0.15) is 6.92 Å². The molecule has 0 bridgehead atoms. The minimum atomic E-state index is -3.26. The molecule has 0 aliphatic rings. The number of benzene rings is 3. The third-order valence-electron chi connectivity index (χ3n) is 5.04. The van der Waals surface area contributed by atoms with Crippen molar-refractivity contribution in [3.05, 3.63) is 103 Å². The monoisotopic (exact) mass is 440 g/mol. The van der Waals surface area contributed by atoms with Gasteiger partial charge in [-0.05, 0) is 0 Å². The van der Waals surface area contributed by atoms with Gasteiger partial charge in [-0.2, -0.15) is 0 Å². The quantitative estimate of drug-likeness (QED) is 0.234. The van der Waals surface area contributed by atoms with Crippen molar-refractivity contribution in [2.45, 2.75) is 26.6 Å². The molecule has 1 nitrogen and oxygen atoms in total. The molecule has 0 radical (unpaired) electrons. The second-order valence-corrected chi connectivity index (χ2v) is 19.5. The molecular weight excluding hydrogens is 411 g/mol. The molecule has 0 aromatic heterocycles. The molecule has 0 aliphatic carbocycles. The molecule has 0 unspecified atom stereocenters. The van der Waals surface area contributed by atoms with E-state index < -0.39 is 14.3 Å². The number of halogens is 1. The summed E-state index contributed by atoms with van der Waals surface area (Å²) >= 11 is 8.06. The van der Waals surface area contributed by atoms with Crippen LogP contribution in [0.25, 0.3) is 0 Å². The normalized spacial score (nSPS) is 14.1. The van der Waals surface area contributed by atoms with Crippen molar-refractivity contribution in [1.29, 1.82) is 0 Å². The Bertz CT molecular complexity index is 867. The van der Waals surface area contributed by atoms with E-state index in [-0.39, 0.29) is 0 Å². The molecule has 29 heavy (non-hydrogen) atoms. The van der Waals surface area contributed by atoms with E-state index in [9.17, 15) is 0 Å². The summed E-state index contributed by atoms with van der Waals surface area (Å²) in [5, 5.41) is 3.54. The third-order valence-corrected chi connectivity index (χ3v) is 13.2. The zero-order chi connectivity index (χ0) is 21.0. The first-order chi connectivity index (χ1) is 13.7. The Balaban J connectivity index is 2.30. The van der Waals surface area contributed by atoms with Crippen molar-refractivity contribution in [2.24, 2.45) is 0 Å². The standard InChI is InChI=1S/C25H30ClOPSi/c1-22(20-27-29(2,3)4)21-28(26,23-14-8-5-9-15-23,24-16-10-6-11-17-24)25-18-12-7-13-19-25/h5-20H,21H2,1-4H3/b22-20-. The fourth-order valence-electron chi connectivity index (χ4n) is 3.72. The van der Waals surface area contributed by atoms with Gasteiger partial charge < -0.3 is 0 Å². The Kier molecular flexibility index (Phi) is 6.38. The fourth-order valence-corrected chi connectivity index (χ4v) is 10.7. The van der Waals surface area contributed by atoms with Gasteiger partial charge in [-0.1, -0.05) is 0 Å². The summed E-state index contributed by atoms with van der Waals surface area (Å²) in [6.07, 6.45) is 2.68. The van der Waals surface area contributed by atoms with Crippen LogP contribution in [0, 0.1) is 0 Å². The van der Waals surface area contributed by atoms with Crippen LogP contribution in [-0.4, -0.2) is 14.5 Å². The second kappa shape index (κ2) is 8.48. The molecular formula is C25H30ClOPSi. The van der Waals surface area contributed by atoms with Crippen LogP contribution in [0.2, 0.25) is 19.6 Å². The summed E-state index contributed by atoms with van der Waals surface area (Å²) in [6.45, 7) is 8.73. The number of rotatable bonds is 7. The SMILES string of the molecule is C/C(=C/O[Si](C)(C)C)CP(Cl)(c1ccccc1)(c1ccccc1)c1ccccc1. The zero-order valence-corrected chi connectivity index (χ0v) is 20.3. The Labute approximate surface area is 181 Å². The molecule has 3 aromatic carbocycles. The summed E-state index contributed by atoms with van der Waals surface area (Å²) in [4.78, 5) is 0. The van der Waals surface area contributed by atoms with Crippen LogP contribution in [0.3, 0.4) is 0 Å². The maximum absolute atomic E-state index is 8.06. The first kappa shape index (κ1) is 21.8. The van der Waals surface area contributed by atoms with Crippen molar-refractivity contribution in [3.8, 4) is 0 Å². The second-order valence-electron chi connectivity index (χ2n) is 8.54. The Morgan fingerprint density at radius 3 is 1.41 bits per heavy atom. The van der Waals surface area contributed by atoms with Crippen molar-refractivity contribution >= 4 is 41.4 Å². The summed E-state index contributed by atoms with van der Waals surface area (Å²) in [5.41, 5.74) is 1.16. The first-order valence-corrected chi connectivity index (χ1v) is 16.7. The van der Waals surface area contributed by atoms with Gasteiger partial charge in [-0.25, -0.2) is 0 Å². The van der Waals surface area contributed by atoms with Gasteiger partial charge in [-0.3, -0.25) is 0 Å². The molecule has 0 N–H and O–H groups in total. The molecule has 0 atom stereocenters. The van der Waals surface area contributed by atoms with E-state index in [1.54, 1.807) is 0 Å². The van der Waals surface area contributed by atoms with Gasteiger partial charge in [0.1, 0.15) is 0 Å². The average molecular weight is 441 g/mol. The van der Waals surface area contributed by atoms with Gasteiger partial charge in [0, 0.05) is 0 Å². The third kappa shape index (κ3) is 4.51. The molecule has 0 heterocycles. The maximum atomic E-state index is 8.06. The van der Waals surface area contributed by atoms with E-state index in [1.807, 2.05) is 6.26 Å². The minimum absolute atomic E-state index is 0.732. The van der Waals surface area contributed by atoms with Crippen LogP contribution < -0.4 is 15.9 Å². The molecule has 0 spiro atoms.